The molecule has 0 amide bonds. The van der Waals surface area contributed by atoms with E-state index in [1.54, 1.807) is 24.3 Å². The average molecular weight is 246 g/mol. The van der Waals surface area contributed by atoms with Crippen molar-refractivity contribution in [2.75, 3.05) is 5.23 Å². The maximum Gasteiger partial charge on any atom is 0.269 e. The summed E-state index contributed by atoms with van der Waals surface area (Å²) in [5, 5.41) is 28.1. The number of hydrogen-bond acceptors (Lipinski definition) is 5. The van der Waals surface area contributed by atoms with Gasteiger partial charge in [-0.25, -0.2) is 0 Å². The van der Waals surface area contributed by atoms with Gasteiger partial charge in [-0.2, -0.15) is 0 Å². The molecule has 6 heteroatoms. The molecule has 18 heavy (non-hydrogen) atoms. The number of rotatable bonds is 3. The Kier molecular flexibility index (Phi) is 3.22. The molecule has 0 atom stereocenters. The molecule has 0 aromatic heterocycles. The Bertz CT molecular complexity index is 549. The van der Waals surface area contributed by atoms with Gasteiger partial charge in [0.1, 0.15) is 0 Å². The van der Waals surface area contributed by atoms with Crippen LogP contribution in [0.15, 0.2) is 48.5 Å². The first kappa shape index (κ1) is 12.0. The summed E-state index contributed by atoms with van der Waals surface area (Å²) >= 11 is 0. The van der Waals surface area contributed by atoms with Crippen LogP contribution in [0.1, 0.15) is 0 Å². The summed E-state index contributed by atoms with van der Waals surface area (Å²) in [7, 11) is 0. The molecule has 0 spiro atoms. The lowest BCUT2D eigenvalue weighted by atomic mass is 10.1. The molecule has 2 aromatic rings. The first-order valence-corrected chi connectivity index (χ1v) is 5.11. The van der Waals surface area contributed by atoms with Crippen molar-refractivity contribution in [1.29, 1.82) is 0 Å². The van der Waals surface area contributed by atoms with E-state index in [9.17, 15) is 10.1 Å². The zero-order chi connectivity index (χ0) is 13.1. The SMILES string of the molecule is O=[N+]([O-])c1ccc(-c2ccc(N(O)O)cc2)cc1. The lowest BCUT2D eigenvalue weighted by molar-refractivity contribution is -0.384. The predicted octanol–water partition coefficient (Wildman–Crippen LogP) is 2.85. The third-order valence-electron chi connectivity index (χ3n) is 2.51. The summed E-state index contributed by atoms with van der Waals surface area (Å²) in [5.74, 6) is 0. The van der Waals surface area contributed by atoms with Crippen molar-refractivity contribution in [3.8, 4) is 11.1 Å². The highest BCUT2D eigenvalue weighted by Crippen LogP contribution is 2.24. The molecule has 92 valence electrons. The van der Waals surface area contributed by atoms with Crippen molar-refractivity contribution in [3.05, 3.63) is 58.6 Å². The van der Waals surface area contributed by atoms with E-state index in [4.69, 9.17) is 10.4 Å². The van der Waals surface area contributed by atoms with Gasteiger partial charge in [-0.3, -0.25) is 20.5 Å². The Morgan fingerprint density at radius 3 is 1.72 bits per heavy atom. The molecule has 2 N–H and O–H groups in total. The fourth-order valence-corrected chi connectivity index (χ4v) is 1.56. The summed E-state index contributed by atoms with van der Waals surface area (Å²) < 4.78 is 0. The fraction of sp³-hybridized carbons (Fsp3) is 0. The summed E-state index contributed by atoms with van der Waals surface area (Å²) in [6.07, 6.45) is 0. The van der Waals surface area contributed by atoms with Gasteiger partial charge in [-0.05, 0) is 35.4 Å². The van der Waals surface area contributed by atoms with Crippen LogP contribution in [0.3, 0.4) is 0 Å². The molecule has 0 aliphatic carbocycles. The molecule has 0 aliphatic heterocycles. The van der Waals surface area contributed by atoms with E-state index >= 15 is 0 Å². The van der Waals surface area contributed by atoms with E-state index in [0.717, 1.165) is 11.1 Å². The zero-order valence-electron chi connectivity index (χ0n) is 9.22. The van der Waals surface area contributed by atoms with Crippen molar-refractivity contribution in [2.24, 2.45) is 0 Å². The van der Waals surface area contributed by atoms with Gasteiger partial charge in [0.2, 0.25) is 0 Å². The molecule has 2 rings (SSSR count). The number of hydrogen-bond donors (Lipinski definition) is 2. The first-order chi connectivity index (χ1) is 8.58. The number of anilines is 1. The van der Waals surface area contributed by atoms with Crippen molar-refractivity contribution in [1.82, 2.24) is 0 Å². The number of non-ortho nitro benzene ring substituents is 1. The molecule has 6 nitrogen and oxygen atoms in total. The first-order valence-electron chi connectivity index (χ1n) is 5.11. The number of nitro benzene ring substituents is 1. The maximum absolute atomic E-state index is 10.5. The molecule has 0 saturated carbocycles. The van der Waals surface area contributed by atoms with Gasteiger partial charge >= 0.3 is 0 Å². The third-order valence-corrected chi connectivity index (χ3v) is 2.51. The van der Waals surface area contributed by atoms with Gasteiger partial charge in [0.25, 0.3) is 5.69 Å². The molecular weight excluding hydrogens is 236 g/mol. The number of nitro groups is 1. The minimum atomic E-state index is -0.456. The van der Waals surface area contributed by atoms with Crippen LogP contribution < -0.4 is 5.23 Å². The van der Waals surface area contributed by atoms with Gasteiger partial charge in [0.05, 0.1) is 10.6 Å². The van der Waals surface area contributed by atoms with E-state index in [-0.39, 0.29) is 16.6 Å². The van der Waals surface area contributed by atoms with Gasteiger partial charge in [-0.1, -0.05) is 12.1 Å². The highest BCUT2D eigenvalue weighted by atomic mass is 16.8. The smallest absolute Gasteiger partial charge is 0.264 e. The topological polar surface area (TPSA) is 86.8 Å². The van der Waals surface area contributed by atoms with Crippen LogP contribution in [0.25, 0.3) is 11.1 Å². The molecule has 0 bridgehead atoms. The molecule has 0 heterocycles. The molecule has 0 aliphatic rings. The van der Waals surface area contributed by atoms with E-state index < -0.39 is 4.92 Å². The quantitative estimate of drug-likeness (QED) is 0.642. The van der Waals surface area contributed by atoms with Crippen LogP contribution in [0.4, 0.5) is 11.4 Å². The van der Waals surface area contributed by atoms with Crippen LogP contribution in [-0.4, -0.2) is 15.3 Å². The van der Waals surface area contributed by atoms with Crippen LogP contribution in [-0.2, 0) is 0 Å². The minimum absolute atomic E-state index is 0.0274. The largest absolute Gasteiger partial charge is 0.269 e. The van der Waals surface area contributed by atoms with E-state index in [2.05, 4.69) is 0 Å². The molecule has 0 radical (unpaired) electrons. The highest BCUT2D eigenvalue weighted by molar-refractivity contribution is 5.66. The normalized spacial score (nSPS) is 10.1. The van der Waals surface area contributed by atoms with Crippen LogP contribution >= 0.6 is 0 Å². The van der Waals surface area contributed by atoms with E-state index in [1.807, 2.05) is 0 Å². The third kappa shape index (κ3) is 2.45. The van der Waals surface area contributed by atoms with E-state index in [0.29, 0.717) is 0 Å². The van der Waals surface area contributed by atoms with Gasteiger partial charge in [0.15, 0.2) is 0 Å². The van der Waals surface area contributed by atoms with Crippen molar-refractivity contribution < 1.29 is 15.3 Å². The monoisotopic (exact) mass is 246 g/mol. The van der Waals surface area contributed by atoms with Crippen molar-refractivity contribution >= 4 is 11.4 Å². The van der Waals surface area contributed by atoms with Crippen molar-refractivity contribution in [2.45, 2.75) is 0 Å². The second-order valence-corrected chi connectivity index (χ2v) is 3.64. The molecular formula is C12H10N2O4. The van der Waals surface area contributed by atoms with Crippen LogP contribution in [0.5, 0.6) is 0 Å². The summed E-state index contributed by atoms with van der Waals surface area (Å²) in [6.45, 7) is 0. The van der Waals surface area contributed by atoms with Crippen LogP contribution in [0.2, 0.25) is 0 Å². The maximum atomic E-state index is 10.5. The summed E-state index contributed by atoms with van der Waals surface area (Å²) in [4.78, 5) is 10.1. The van der Waals surface area contributed by atoms with Gasteiger partial charge < -0.3 is 0 Å². The van der Waals surface area contributed by atoms with E-state index in [1.165, 1.54) is 24.3 Å². The molecule has 0 unspecified atom stereocenters. The molecule has 0 saturated heterocycles. The fourth-order valence-electron chi connectivity index (χ4n) is 1.56. The highest BCUT2D eigenvalue weighted by Gasteiger charge is 2.05. The predicted molar refractivity (Wildman–Crippen MR) is 64.6 cm³/mol. The summed E-state index contributed by atoms with van der Waals surface area (Å²) in [5.41, 5.74) is 1.91. The Balaban J connectivity index is 2.28. The van der Waals surface area contributed by atoms with Gasteiger partial charge in [0, 0.05) is 12.1 Å². The summed E-state index contributed by atoms with van der Waals surface area (Å²) in [6, 6.07) is 12.6. The molecule has 0 fully saturated rings. The average Bonchev–Trinajstić information content (AvgIpc) is 2.39. The number of benzene rings is 2. The lowest BCUT2D eigenvalue weighted by Crippen LogP contribution is -2.10. The van der Waals surface area contributed by atoms with Crippen LogP contribution in [0, 0.1) is 10.1 Å². The number of nitrogens with zero attached hydrogens (tertiary/aromatic N) is 2. The van der Waals surface area contributed by atoms with Gasteiger partial charge in [-0.15, -0.1) is 5.23 Å². The second kappa shape index (κ2) is 4.82. The second-order valence-electron chi connectivity index (χ2n) is 3.64. The molecule has 2 aromatic carbocycles. The Labute approximate surface area is 102 Å². The lowest BCUT2D eigenvalue weighted by Gasteiger charge is -2.08. The van der Waals surface area contributed by atoms with Crippen molar-refractivity contribution in [3.63, 3.8) is 0 Å². The zero-order valence-corrected chi connectivity index (χ0v) is 9.22. The standard InChI is InChI=1S/C12H10N2O4/c15-13(16)11-5-1-9(2-6-11)10-3-7-12(8-4-10)14(17)18/h1-8,15-16H. The Morgan fingerprint density at radius 1 is 0.889 bits per heavy atom. The Hall–Kier alpha value is -2.44. The minimum Gasteiger partial charge on any atom is -0.264 e. The Morgan fingerprint density at radius 2 is 1.33 bits per heavy atom.